The standard InChI is InChI=1S/C14H21N3S2/c1-2-12-13(19-6-5-18-12)14-16-8-10(9-17-14)7-15-11-3-4-11/h8-9,11-13,15H,2-7H2,1H3. The molecule has 3 nitrogen and oxygen atoms in total. The van der Waals surface area contributed by atoms with Gasteiger partial charge in [0.25, 0.3) is 0 Å². The first-order valence-corrected chi connectivity index (χ1v) is 9.24. The predicted octanol–water partition coefficient (Wildman–Crippen LogP) is 3.03. The lowest BCUT2D eigenvalue weighted by atomic mass is 10.2. The van der Waals surface area contributed by atoms with Crippen molar-refractivity contribution < 1.29 is 0 Å². The van der Waals surface area contributed by atoms with Gasteiger partial charge >= 0.3 is 0 Å². The summed E-state index contributed by atoms with van der Waals surface area (Å²) in [6.45, 7) is 3.18. The van der Waals surface area contributed by atoms with Crippen LogP contribution in [0.1, 0.15) is 42.8 Å². The molecule has 1 saturated carbocycles. The van der Waals surface area contributed by atoms with Crippen LogP contribution in [-0.2, 0) is 6.54 Å². The number of nitrogens with one attached hydrogen (secondary N) is 1. The van der Waals surface area contributed by atoms with Crippen molar-refractivity contribution in [2.45, 2.75) is 49.3 Å². The number of thioether (sulfide) groups is 2. The van der Waals surface area contributed by atoms with Gasteiger partial charge in [0.1, 0.15) is 5.82 Å². The van der Waals surface area contributed by atoms with Crippen LogP contribution >= 0.6 is 23.5 Å². The minimum absolute atomic E-state index is 0.481. The quantitative estimate of drug-likeness (QED) is 0.904. The summed E-state index contributed by atoms with van der Waals surface area (Å²) in [7, 11) is 0. The van der Waals surface area contributed by atoms with Crippen LogP contribution in [0.15, 0.2) is 12.4 Å². The zero-order chi connectivity index (χ0) is 13.1. The molecule has 5 heteroatoms. The van der Waals surface area contributed by atoms with Crippen molar-refractivity contribution in [2.24, 2.45) is 0 Å². The summed E-state index contributed by atoms with van der Waals surface area (Å²) in [4.78, 5) is 9.23. The number of rotatable bonds is 5. The highest BCUT2D eigenvalue weighted by molar-refractivity contribution is 8.06. The molecule has 1 aromatic heterocycles. The first-order chi connectivity index (χ1) is 9.36. The molecule has 0 spiro atoms. The van der Waals surface area contributed by atoms with Gasteiger partial charge in [0, 0.05) is 47.3 Å². The van der Waals surface area contributed by atoms with Gasteiger partial charge in [-0.15, -0.1) is 11.8 Å². The van der Waals surface area contributed by atoms with Crippen LogP contribution < -0.4 is 5.32 Å². The van der Waals surface area contributed by atoms with Gasteiger partial charge in [-0.05, 0) is 19.3 Å². The lowest BCUT2D eigenvalue weighted by Crippen LogP contribution is -2.21. The Bertz CT molecular complexity index is 406. The molecule has 0 bridgehead atoms. The zero-order valence-corrected chi connectivity index (χ0v) is 13.0. The van der Waals surface area contributed by atoms with E-state index in [1.165, 1.54) is 36.3 Å². The third kappa shape index (κ3) is 3.64. The van der Waals surface area contributed by atoms with Gasteiger partial charge in [-0.3, -0.25) is 0 Å². The van der Waals surface area contributed by atoms with Crippen LogP contribution in [0, 0.1) is 0 Å². The molecule has 1 aliphatic carbocycles. The van der Waals surface area contributed by atoms with Crippen molar-refractivity contribution >= 4 is 23.5 Å². The molecule has 2 atom stereocenters. The average Bonchev–Trinajstić information content (AvgIpc) is 3.30. The lowest BCUT2D eigenvalue weighted by molar-refractivity contribution is 0.678. The van der Waals surface area contributed by atoms with Crippen LogP contribution in [0.3, 0.4) is 0 Å². The molecule has 2 unspecified atom stereocenters. The molecule has 2 aliphatic rings. The fourth-order valence-electron chi connectivity index (χ4n) is 2.29. The Balaban J connectivity index is 1.62. The number of hydrogen-bond acceptors (Lipinski definition) is 5. The molecule has 1 N–H and O–H groups in total. The van der Waals surface area contributed by atoms with Gasteiger partial charge < -0.3 is 5.32 Å². The molecule has 2 fully saturated rings. The normalized spacial score (nSPS) is 27.4. The molecular weight excluding hydrogens is 274 g/mol. The molecule has 0 amide bonds. The van der Waals surface area contributed by atoms with Gasteiger partial charge in [0.05, 0.1) is 5.25 Å². The molecule has 1 saturated heterocycles. The largest absolute Gasteiger partial charge is 0.310 e. The minimum Gasteiger partial charge on any atom is -0.310 e. The lowest BCUT2D eigenvalue weighted by Gasteiger charge is -2.28. The SMILES string of the molecule is CCC1SCCSC1c1ncc(CNC2CC2)cn1. The molecule has 3 rings (SSSR count). The molecule has 2 heterocycles. The monoisotopic (exact) mass is 295 g/mol. The third-order valence-electron chi connectivity index (χ3n) is 3.60. The van der Waals surface area contributed by atoms with E-state index in [1.54, 1.807) is 0 Å². The highest BCUT2D eigenvalue weighted by atomic mass is 32.2. The fourth-order valence-corrected chi connectivity index (χ4v) is 5.30. The molecule has 1 aliphatic heterocycles. The summed E-state index contributed by atoms with van der Waals surface area (Å²) in [5.41, 5.74) is 1.21. The topological polar surface area (TPSA) is 37.8 Å². The summed E-state index contributed by atoms with van der Waals surface area (Å²) >= 11 is 4.10. The third-order valence-corrected chi connectivity index (χ3v) is 6.85. The Morgan fingerprint density at radius 1 is 1.21 bits per heavy atom. The zero-order valence-electron chi connectivity index (χ0n) is 11.3. The maximum atomic E-state index is 4.61. The van der Waals surface area contributed by atoms with Crippen LogP contribution in [0.25, 0.3) is 0 Å². The van der Waals surface area contributed by atoms with Gasteiger partial charge in [-0.2, -0.15) is 11.8 Å². The van der Waals surface area contributed by atoms with Crippen LogP contribution in [0.4, 0.5) is 0 Å². The van der Waals surface area contributed by atoms with Gasteiger partial charge in [0.2, 0.25) is 0 Å². The molecule has 0 radical (unpaired) electrons. The van der Waals surface area contributed by atoms with E-state index in [0.29, 0.717) is 10.5 Å². The highest BCUT2D eigenvalue weighted by Crippen LogP contribution is 2.42. The van der Waals surface area contributed by atoms with Crippen molar-refractivity contribution in [1.29, 1.82) is 0 Å². The first-order valence-electron chi connectivity index (χ1n) is 7.14. The maximum Gasteiger partial charge on any atom is 0.142 e. The van der Waals surface area contributed by atoms with Gasteiger partial charge in [0.15, 0.2) is 0 Å². The summed E-state index contributed by atoms with van der Waals surface area (Å²) in [6, 6.07) is 0.745. The minimum atomic E-state index is 0.481. The Kier molecular flexibility index (Phi) is 4.66. The van der Waals surface area contributed by atoms with Gasteiger partial charge in [-0.25, -0.2) is 9.97 Å². The van der Waals surface area contributed by atoms with Crippen molar-refractivity contribution in [2.75, 3.05) is 11.5 Å². The maximum absolute atomic E-state index is 4.61. The molecule has 1 aromatic rings. The van der Waals surface area contributed by atoms with E-state index in [1.807, 2.05) is 24.2 Å². The van der Waals surface area contributed by atoms with Gasteiger partial charge in [-0.1, -0.05) is 6.92 Å². The number of nitrogens with zero attached hydrogens (tertiary/aromatic N) is 2. The summed E-state index contributed by atoms with van der Waals surface area (Å²) in [5, 5.41) is 4.66. The van der Waals surface area contributed by atoms with E-state index in [4.69, 9.17) is 0 Å². The highest BCUT2D eigenvalue weighted by Gasteiger charge is 2.28. The van der Waals surface area contributed by atoms with E-state index >= 15 is 0 Å². The summed E-state index contributed by atoms with van der Waals surface area (Å²) in [5.74, 6) is 3.52. The van der Waals surface area contributed by atoms with E-state index in [9.17, 15) is 0 Å². The second-order valence-electron chi connectivity index (χ2n) is 5.21. The second kappa shape index (κ2) is 6.46. The van der Waals surface area contributed by atoms with E-state index in [0.717, 1.165) is 18.4 Å². The Labute approximate surface area is 123 Å². The number of aromatic nitrogens is 2. The summed E-state index contributed by atoms with van der Waals surface area (Å²) < 4.78 is 0. The molecule has 0 aromatic carbocycles. The average molecular weight is 295 g/mol. The van der Waals surface area contributed by atoms with Crippen molar-refractivity contribution in [3.63, 3.8) is 0 Å². The number of hydrogen-bond donors (Lipinski definition) is 1. The smallest absolute Gasteiger partial charge is 0.142 e. The first kappa shape index (κ1) is 13.7. The summed E-state index contributed by atoms with van der Waals surface area (Å²) in [6.07, 6.45) is 7.87. The van der Waals surface area contributed by atoms with Crippen molar-refractivity contribution in [3.05, 3.63) is 23.8 Å². The Morgan fingerprint density at radius 3 is 2.63 bits per heavy atom. The van der Waals surface area contributed by atoms with Crippen LogP contribution in [0.5, 0.6) is 0 Å². The Morgan fingerprint density at radius 2 is 1.95 bits per heavy atom. The van der Waals surface area contributed by atoms with Crippen LogP contribution in [-0.4, -0.2) is 32.8 Å². The van der Waals surface area contributed by atoms with Crippen molar-refractivity contribution in [3.8, 4) is 0 Å². The predicted molar refractivity (Wildman–Crippen MR) is 83.6 cm³/mol. The van der Waals surface area contributed by atoms with E-state index < -0.39 is 0 Å². The van der Waals surface area contributed by atoms with E-state index in [-0.39, 0.29) is 0 Å². The Hall–Kier alpha value is -0.260. The van der Waals surface area contributed by atoms with Crippen molar-refractivity contribution in [1.82, 2.24) is 15.3 Å². The molecule has 104 valence electrons. The molecular formula is C14H21N3S2. The fraction of sp³-hybridized carbons (Fsp3) is 0.714. The molecule has 19 heavy (non-hydrogen) atoms. The second-order valence-corrected chi connectivity index (χ2v) is 7.81. The van der Waals surface area contributed by atoms with Crippen LogP contribution in [0.2, 0.25) is 0 Å². The van der Waals surface area contributed by atoms with E-state index in [2.05, 4.69) is 34.0 Å².